The number of carboxylic acid groups (broad SMARTS) is 2. The van der Waals surface area contributed by atoms with Crippen molar-refractivity contribution in [3.05, 3.63) is 23.7 Å². The molecule has 0 saturated carbocycles. The number of ether oxygens (including phenoxy) is 14. The Labute approximate surface area is 538 Å². The summed E-state index contributed by atoms with van der Waals surface area (Å²) in [7, 11) is 0. The molecule has 4 amide bonds. The Balaban J connectivity index is 1.86. The highest BCUT2D eigenvalue weighted by Gasteiger charge is 2.47. The van der Waals surface area contributed by atoms with Gasteiger partial charge < -0.3 is 145 Å². The van der Waals surface area contributed by atoms with E-state index in [2.05, 4.69) is 36.7 Å². The summed E-state index contributed by atoms with van der Waals surface area (Å²) in [5, 5.41) is 91.3. The second kappa shape index (κ2) is 51.1. The Morgan fingerprint density at radius 1 is 0.495 bits per heavy atom. The lowest BCUT2D eigenvalue weighted by atomic mass is 9.91. The van der Waals surface area contributed by atoms with Crippen molar-refractivity contribution in [1.82, 2.24) is 36.8 Å². The maximum Gasteiger partial charge on any atom is 0.370 e. The standard InChI is InChI=1S/C54H98N12O27/c1-35(69)62-45-37(64-53(55)56)29-41(51(75)76)92-49(45)47(39(71)31-67)89-33-43(73)60-3-8-79-10-5-66(7-12-81-13-14-82-15-16-83-17-18-84-19-20-85-21-22-86-23-24-87-25-26-88-27-28-91-59)6-11-80-9-4-61-44(74)34-90-48(40(72)32-68)50-46(63-36(2)70)38(65-54(57)58)30-42(93-50)52(77)78/h29-30,37-40,45-50,67-68,71-72H,3-28,31-34,59H2,1-2H3,(H,60,73)(H,61,74)(H,62,69)(H,63,70)(H,75,76)(H,77,78)(H4,55,56,64)(H4,57,58,65)/t37-,38-,39+,40+,45+,46+,47+,48+,49+,50+/m0/s1. The first kappa shape index (κ1) is 82.8. The molecule has 2 rings (SSSR count). The Morgan fingerprint density at radius 2 is 0.785 bits per heavy atom. The van der Waals surface area contributed by atoms with Crippen LogP contribution >= 0.6 is 0 Å². The quantitative estimate of drug-likeness (QED) is 0.0116. The van der Waals surface area contributed by atoms with E-state index in [1.165, 1.54) is 0 Å². The van der Waals surface area contributed by atoms with Gasteiger partial charge in [-0.3, -0.25) is 34.9 Å². The van der Waals surface area contributed by atoms with Crippen LogP contribution in [0.5, 0.6) is 0 Å². The first-order valence-corrected chi connectivity index (χ1v) is 29.9. The molecule has 0 aliphatic carbocycles. The number of guanidine groups is 2. The summed E-state index contributed by atoms with van der Waals surface area (Å²) in [4.78, 5) is 80.5. The number of amides is 4. The number of hydrogen-bond donors (Lipinski definition) is 17. The lowest BCUT2D eigenvalue weighted by Gasteiger charge is -2.41. The van der Waals surface area contributed by atoms with Gasteiger partial charge in [-0.15, -0.1) is 0 Å². The lowest BCUT2D eigenvalue weighted by Crippen LogP contribution is -2.64. The van der Waals surface area contributed by atoms with Crippen LogP contribution in [0.15, 0.2) is 23.7 Å². The largest absolute Gasteiger partial charge is 0.478 e. The van der Waals surface area contributed by atoms with Crippen LogP contribution in [0, 0.1) is 10.8 Å². The van der Waals surface area contributed by atoms with Crippen molar-refractivity contribution < 1.29 is 131 Å². The molecule has 10 atom stereocenters. The molecule has 0 aromatic carbocycles. The van der Waals surface area contributed by atoms with Gasteiger partial charge in [0.1, 0.15) is 37.6 Å². The van der Waals surface area contributed by atoms with E-state index in [4.69, 9.17) is 94.5 Å². The van der Waals surface area contributed by atoms with E-state index in [-0.39, 0.29) is 52.7 Å². The fraction of sp³-hybridized carbons (Fsp3) is 0.778. The number of hydrogen-bond acceptors (Lipinski definition) is 29. The number of nitrogens with one attached hydrogen (secondary N) is 8. The molecule has 0 spiro atoms. The normalized spacial score (nSPS) is 19.1. The highest BCUT2D eigenvalue weighted by atomic mass is 16.6. The summed E-state index contributed by atoms with van der Waals surface area (Å²) in [5.41, 5.74) is 11.0. The number of aliphatic hydroxyl groups is 4. The number of aliphatic hydroxyl groups excluding tert-OH is 4. The summed E-state index contributed by atoms with van der Waals surface area (Å²) < 4.78 is 78.1. The summed E-state index contributed by atoms with van der Waals surface area (Å²) in [6.07, 6.45) is -7.54. The molecular weight excluding hydrogens is 1250 g/mol. The van der Waals surface area contributed by atoms with Crippen LogP contribution in [0.2, 0.25) is 0 Å². The average Bonchev–Trinajstić information content (AvgIpc) is 0.818. The van der Waals surface area contributed by atoms with Crippen molar-refractivity contribution in [2.45, 2.75) is 74.6 Å². The molecule has 0 aromatic rings. The molecule has 39 nitrogen and oxygen atoms in total. The fourth-order valence-corrected chi connectivity index (χ4v) is 8.58. The van der Waals surface area contributed by atoms with Gasteiger partial charge in [0.15, 0.2) is 24.1 Å². The number of aliphatic carboxylic acids is 2. The maximum atomic E-state index is 12.9. The van der Waals surface area contributed by atoms with E-state index >= 15 is 0 Å². The number of rotatable bonds is 57. The number of nitrogens with two attached hydrogens (primary N) is 3. The average molecular weight is 1350 g/mol. The Bertz CT molecular complexity index is 2100. The Hall–Kier alpha value is -6.32. The second-order valence-corrected chi connectivity index (χ2v) is 20.0. The van der Waals surface area contributed by atoms with Crippen molar-refractivity contribution in [3.63, 3.8) is 0 Å². The van der Waals surface area contributed by atoms with Crippen LogP contribution in [-0.2, 0) is 99.9 Å². The first-order valence-electron chi connectivity index (χ1n) is 29.9. The lowest BCUT2D eigenvalue weighted by molar-refractivity contribution is -0.159. The zero-order valence-corrected chi connectivity index (χ0v) is 52.6. The summed E-state index contributed by atoms with van der Waals surface area (Å²) >= 11 is 0. The van der Waals surface area contributed by atoms with Crippen LogP contribution in [0.3, 0.4) is 0 Å². The van der Waals surface area contributed by atoms with Crippen molar-refractivity contribution in [3.8, 4) is 0 Å². The predicted octanol–water partition coefficient (Wildman–Crippen LogP) is -8.50. The second-order valence-electron chi connectivity index (χ2n) is 20.0. The van der Waals surface area contributed by atoms with E-state index in [0.717, 1.165) is 26.0 Å². The molecule has 0 aromatic heterocycles. The minimum atomic E-state index is -1.74. The molecule has 93 heavy (non-hydrogen) atoms. The summed E-state index contributed by atoms with van der Waals surface area (Å²) in [5.74, 6) is -3.18. The summed E-state index contributed by atoms with van der Waals surface area (Å²) in [6.45, 7) is 7.04. The van der Waals surface area contributed by atoms with Crippen LogP contribution in [0.25, 0.3) is 0 Å². The third kappa shape index (κ3) is 38.0. The minimum Gasteiger partial charge on any atom is -0.478 e. The fourth-order valence-electron chi connectivity index (χ4n) is 8.58. The molecule has 2 aliphatic rings. The minimum absolute atomic E-state index is 0.00422. The third-order valence-corrected chi connectivity index (χ3v) is 12.8. The van der Waals surface area contributed by atoms with E-state index in [1.807, 2.05) is 4.90 Å². The van der Waals surface area contributed by atoms with Gasteiger partial charge in [-0.25, -0.2) is 15.5 Å². The van der Waals surface area contributed by atoms with Gasteiger partial charge in [0.2, 0.25) is 35.1 Å². The van der Waals surface area contributed by atoms with E-state index in [9.17, 15) is 59.4 Å². The molecule has 39 heteroatoms. The van der Waals surface area contributed by atoms with Gasteiger partial charge >= 0.3 is 11.9 Å². The molecule has 2 aliphatic heterocycles. The monoisotopic (exact) mass is 1350 g/mol. The van der Waals surface area contributed by atoms with Gasteiger partial charge in [-0.1, -0.05) is 0 Å². The third-order valence-electron chi connectivity index (χ3n) is 12.8. The van der Waals surface area contributed by atoms with E-state index < -0.39 is 146 Å². The van der Waals surface area contributed by atoms with Crippen molar-refractivity contribution in [2.24, 2.45) is 17.4 Å². The van der Waals surface area contributed by atoms with Crippen LogP contribution in [-0.4, -0.2) is 342 Å². The van der Waals surface area contributed by atoms with Crippen LogP contribution in [0.1, 0.15) is 13.8 Å². The number of carboxylic acids is 2. The van der Waals surface area contributed by atoms with Crippen molar-refractivity contribution >= 4 is 47.5 Å². The smallest absolute Gasteiger partial charge is 0.370 e. The molecule has 0 bridgehead atoms. The predicted molar refractivity (Wildman–Crippen MR) is 321 cm³/mol. The molecule has 0 fully saturated rings. The van der Waals surface area contributed by atoms with Gasteiger partial charge in [-0.2, -0.15) is 0 Å². The van der Waals surface area contributed by atoms with E-state index in [0.29, 0.717) is 119 Å². The van der Waals surface area contributed by atoms with Gasteiger partial charge in [-0.05, 0) is 12.2 Å². The SMILES string of the molecule is CC(=O)N[C@H]1[C@H]([C@H](OCC(=O)NCCOCCN(CCOCCNC(=O)CO[C@@H]([C@@H]2OC(C(=O)O)=C[C@H](NC(=N)N)[C@H]2NC(C)=O)[C@H](O)CO)CCOCCOCCOCCOCCOCCOCCOCCOCCON)[C@H](O)CO)OC(C(=O)O)=C[C@@H]1NC(=N)N. The number of carbonyl (C=O) groups is 6. The maximum absolute atomic E-state index is 12.9. The van der Waals surface area contributed by atoms with Gasteiger partial charge in [0, 0.05) is 46.6 Å². The topological polar surface area (TPSA) is 563 Å². The Morgan fingerprint density at radius 3 is 1.05 bits per heavy atom. The molecule has 0 radical (unpaired) electrons. The zero-order valence-electron chi connectivity index (χ0n) is 52.6. The van der Waals surface area contributed by atoms with Crippen molar-refractivity contribution in [1.29, 1.82) is 10.8 Å². The van der Waals surface area contributed by atoms with E-state index in [1.54, 1.807) is 0 Å². The molecular formula is C54H98N12O27. The van der Waals surface area contributed by atoms with Gasteiger partial charge in [0.05, 0.1) is 176 Å². The van der Waals surface area contributed by atoms with Crippen LogP contribution < -0.4 is 49.3 Å². The zero-order chi connectivity index (χ0) is 68.6. The highest BCUT2D eigenvalue weighted by Crippen LogP contribution is 2.27. The molecule has 20 N–H and O–H groups in total. The van der Waals surface area contributed by atoms with Gasteiger partial charge in [0.25, 0.3) is 0 Å². The molecule has 2 heterocycles. The van der Waals surface area contributed by atoms with Crippen LogP contribution in [0.4, 0.5) is 0 Å². The molecule has 536 valence electrons. The first-order chi connectivity index (χ1) is 44.7. The van der Waals surface area contributed by atoms with Crippen molar-refractivity contribution in [2.75, 3.05) is 198 Å². The highest BCUT2D eigenvalue weighted by molar-refractivity contribution is 5.86. The number of nitrogens with zero attached hydrogens (tertiary/aromatic N) is 1. The number of carbonyl (C=O) groups excluding carboxylic acids is 4. The molecule has 0 unspecified atom stereocenters. The molecule has 0 saturated heterocycles. The summed E-state index contributed by atoms with van der Waals surface area (Å²) in [6, 6.07) is -4.70. The Kier molecular flexibility index (Phi) is 45.5.